The molecule has 1 aliphatic rings. The molecule has 1 atom stereocenters. The van der Waals surface area contributed by atoms with Crippen LogP contribution in [-0.4, -0.2) is 35.4 Å². The highest BCUT2D eigenvalue weighted by Gasteiger charge is 2.24. The van der Waals surface area contributed by atoms with Gasteiger partial charge in [-0.3, -0.25) is 14.9 Å². The van der Waals surface area contributed by atoms with Crippen molar-refractivity contribution >= 4 is 23.2 Å². The first kappa shape index (κ1) is 15.7. The van der Waals surface area contributed by atoms with Gasteiger partial charge in [0, 0.05) is 30.7 Å². The van der Waals surface area contributed by atoms with Gasteiger partial charge in [0.25, 0.3) is 5.69 Å². The van der Waals surface area contributed by atoms with E-state index in [2.05, 4.69) is 5.32 Å². The van der Waals surface area contributed by atoms with Crippen molar-refractivity contribution in [2.75, 3.05) is 13.6 Å². The summed E-state index contributed by atoms with van der Waals surface area (Å²) in [5.41, 5.74) is 0.559. The zero-order valence-electron chi connectivity index (χ0n) is 11.8. The molecule has 0 radical (unpaired) electrons. The lowest BCUT2D eigenvalue weighted by Crippen LogP contribution is -2.47. The molecule has 2 rings (SSSR count). The molecule has 0 aromatic heterocycles. The van der Waals surface area contributed by atoms with Crippen molar-refractivity contribution in [1.29, 1.82) is 0 Å². The van der Waals surface area contributed by atoms with Gasteiger partial charge >= 0.3 is 0 Å². The molecule has 21 heavy (non-hydrogen) atoms. The number of carbonyl (C=O) groups is 1. The van der Waals surface area contributed by atoms with Crippen LogP contribution < -0.4 is 5.32 Å². The third kappa shape index (κ3) is 3.92. The summed E-state index contributed by atoms with van der Waals surface area (Å²) >= 11 is 6.06. The van der Waals surface area contributed by atoms with Crippen LogP contribution in [0.25, 0.3) is 0 Å². The van der Waals surface area contributed by atoms with E-state index in [1.807, 2.05) is 0 Å². The van der Waals surface area contributed by atoms with Crippen LogP contribution in [0.1, 0.15) is 24.8 Å². The first-order chi connectivity index (χ1) is 9.99. The summed E-state index contributed by atoms with van der Waals surface area (Å²) in [6, 6.07) is 4.10. The number of benzene rings is 1. The number of halogens is 1. The van der Waals surface area contributed by atoms with E-state index in [9.17, 15) is 14.9 Å². The van der Waals surface area contributed by atoms with Crippen LogP contribution in [0.4, 0.5) is 5.69 Å². The zero-order chi connectivity index (χ0) is 15.4. The van der Waals surface area contributed by atoms with Gasteiger partial charge in [-0.25, -0.2) is 0 Å². The van der Waals surface area contributed by atoms with Crippen LogP contribution in [0.5, 0.6) is 0 Å². The second-order valence-electron chi connectivity index (χ2n) is 5.23. The van der Waals surface area contributed by atoms with Gasteiger partial charge in [-0.05, 0) is 31.0 Å². The Labute approximate surface area is 128 Å². The van der Waals surface area contributed by atoms with Gasteiger partial charge in [-0.2, -0.15) is 0 Å². The molecule has 7 heteroatoms. The molecule has 1 heterocycles. The minimum atomic E-state index is -0.468. The number of piperidine rings is 1. The van der Waals surface area contributed by atoms with Gasteiger partial charge in [-0.15, -0.1) is 0 Å². The highest BCUT2D eigenvalue weighted by Crippen LogP contribution is 2.23. The number of nitrogens with one attached hydrogen (secondary N) is 1. The summed E-state index contributed by atoms with van der Waals surface area (Å²) in [6.07, 6.45) is 2.95. The van der Waals surface area contributed by atoms with E-state index in [0.29, 0.717) is 10.6 Å². The summed E-state index contributed by atoms with van der Waals surface area (Å²) in [5.74, 6) is -0.00253. The van der Waals surface area contributed by atoms with E-state index in [4.69, 9.17) is 11.6 Å². The average molecular weight is 312 g/mol. The van der Waals surface area contributed by atoms with Crippen LogP contribution in [-0.2, 0) is 11.3 Å². The van der Waals surface area contributed by atoms with E-state index in [1.165, 1.54) is 18.2 Å². The second kappa shape index (κ2) is 6.87. The third-order valence-electron chi connectivity index (χ3n) is 3.63. The number of nitro groups is 1. The van der Waals surface area contributed by atoms with Crippen molar-refractivity contribution in [2.24, 2.45) is 0 Å². The molecule has 1 N–H and O–H groups in total. The number of nitrogens with zero attached hydrogens (tertiary/aromatic N) is 2. The normalized spacial score (nSPS) is 18.3. The first-order valence-electron chi connectivity index (χ1n) is 6.90. The number of non-ortho nitro benzene ring substituents is 1. The smallest absolute Gasteiger partial charge is 0.269 e. The number of nitro benzene ring substituents is 1. The maximum atomic E-state index is 12.3. The van der Waals surface area contributed by atoms with Crippen molar-refractivity contribution < 1.29 is 9.72 Å². The number of amides is 1. The van der Waals surface area contributed by atoms with Gasteiger partial charge in [0.1, 0.15) is 0 Å². The Morgan fingerprint density at radius 2 is 2.29 bits per heavy atom. The van der Waals surface area contributed by atoms with Crippen LogP contribution in [0.2, 0.25) is 5.02 Å². The summed E-state index contributed by atoms with van der Waals surface area (Å²) in [4.78, 5) is 24.2. The molecular formula is C14H18ClN3O3. The lowest BCUT2D eigenvalue weighted by Gasteiger charge is -2.27. The molecule has 114 valence electrons. The topological polar surface area (TPSA) is 75.5 Å². The predicted octanol–water partition coefficient (Wildman–Crippen LogP) is 2.35. The van der Waals surface area contributed by atoms with Crippen LogP contribution in [0.3, 0.4) is 0 Å². The van der Waals surface area contributed by atoms with E-state index in [-0.39, 0.29) is 24.2 Å². The third-order valence-corrected chi connectivity index (χ3v) is 4.00. The van der Waals surface area contributed by atoms with Crippen LogP contribution in [0.15, 0.2) is 18.2 Å². The number of hydrogen-bond acceptors (Lipinski definition) is 4. The monoisotopic (exact) mass is 311 g/mol. The van der Waals surface area contributed by atoms with Crippen molar-refractivity contribution in [3.63, 3.8) is 0 Å². The highest BCUT2D eigenvalue weighted by molar-refractivity contribution is 6.31. The van der Waals surface area contributed by atoms with Gasteiger partial charge in [0.05, 0.1) is 11.0 Å². The predicted molar refractivity (Wildman–Crippen MR) is 80.2 cm³/mol. The first-order valence-corrected chi connectivity index (χ1v) is 7.28. The van der Waals surface area contributed by atoms with E-state index < -0.39 is 4.92 Å². The molecule has 1 aliphatic heterocycles. The molecule has 1 saturated heterocycles. The van der Waals surface area contributed by atoms with Gasteiger partial charge in [0.15, 0.2) is 0 Å². The Balaban J connectivity index is 2.07. The maximum Gasteiger partial charge on any atom is 0.269 e. The molecule has 1 aromatic carbocycles. The SMILES string of the molecule is CN(Cc1cc([N+](=O)[O-])ccc1Cl)C(=O)C1CCCCN1. The quantitative estimate of drug-likeness (QED) is 0.684. The Kier molecular flexibility index (Phi) is 5.14. The van der Waals surface area contributed by atoms with Gasteiger partial charge in [-0.1, -0.05) is 18.0 Å². The molecular weight excluding hydrogens is 294 g/mol. The Bertz CT molecular complexity index is 544. The summed E-state index contributed by atoms with van der Waals surface area (Å²) in [5, 5.41) is 14.4. The Morgan fingerprint density at radius 3 is 2.90 bits per heavy atom. The largest absolute Gasteiger partial charge is 0.340 e. The summed E-state index contributed by atoms with van der Waals surface area (Å²) < 4.78 is 0. The standard InChI is InChI=1S/C14H18ClN3O3/c1-17(14(19)13-4-2-3-7-16-13)9-10-8-11(18(20)21)5-6-12(10)15/h5-6,8,13,16H,2-4,7,9H2,1H3. The molecule has 0 aliphatic carbocycles. The van der Waals surface area contributed by atoms with Crippen LogP contribution in [0, 0.1) is 10.1 Å². The Morgan fingerprint density at radius 1 is 1.52 bits per heavy atom. The molecule has 0 spiro atoms. The number of rotatable bonds is 4. The van der Waals surface area contributed by atoms with Crippen LogP contribution >= 0.6 is 11.6 Å². The average Bonchev–Trinajstić information content (AvgIpc) is 2.49. The number of hydrogen-bond donors (Lipinski definition) is 1. The van der Waals surface area contributed by atoms with Crippen molar-refractivity contribution in [3.8, 4) is 0 Å². The molecule has 1 unspecified atom stereocenters. The minimum absolute atomic E-state index is 0.00253. The highest BCUT2D eigenvalue weighted by atomic mass is 35.5. The van der Waals surface area contributed by atoms with Crippen molar-refractivity contribution in [2.45, 2.75) is 31.8 Å². The van der Waals surface area contributed by atoms with E-state index >= 15 is 0 Å². The second-order valence-corrected chi connectivity index (χ2v) is 5.64. The maximum absolute atomic E-state index is 12.3. The van der Waals surface area contributed by atoms with Crippen molar-refractivity contribution in [1.82, 2.24) is 10.2 Å². The fourth-order valence-electron chi connectivity index (χ4n) is 2.46. The van der Waals surface area contributed by atoms with Gasteiger partial charge in [0.2, 0.25) is 5.91 Å². The van der Waals surface area contributed by atoms with Gasteiger partial charge < -0.3 is 10.2 Å². The molecule has 0 saturated carbocycles. The minimum Gasteiger partial charge on any atom is -0.340 e. The Hall–Kier alpha value is -1.66. The molecule has 1 aromatic rings. The molecule has 1 amide bonds. The van der Waals surface area contributed by atoms with E-state index in [1.54, 1.807) is 11.9 Å². The zero-order valence-corrected chi connectivity index (χ0v) is 12.6. The lowest BCUT2D eigenvalue weighted by molar-refractivity contribution is -0.384. The van der Waals surface area contributed by atoms with Crippen molar-refractivity contribution in [3.05, 3.63) is 38.9 Å². The number of likely N-dealkylation sites (N-methyl/N-ethyl adjacent to an activating group) is 1. The molecule has 0 bridgehead atoms. The lowest BCUT2D eigenvalue weighted by atomic mass is 10.0. The molecule has 1 fully saturated rings. The number of carbonyl (C=O) groups excluding carboxylic acids is 1. The molecule has 6 nitrogen and oxygen atoms in total. The fourth-order valence-corrected chi connectivity index (χ4v) is 2.64. The summed E-state index contributed by atoms with van der Waals surface area (Å²) in [7, 11) is 1.69. The summed E-state index contributed by atoms with van der Waals surface area (Å²) in [6.45, 7) is 1.11. The van der Waals surface area contributed by atoms with E-state index in [0.717, 1.165) is 25.8 Å². The fraction of sp³-hybridized carbons (Fsp3) is 0.500.